The number of rotatable bonds is 4. The van der Waals surface area contributed by atoms with Crippen LogP contribution in [0.15, 0.2) is 48.7 Å². The van der Waals surface area contributed by atoms with Crippen LogP contribution in [0.25, 0.3) is 0 Å². The second kappa shape index (κ2) is 7.76. The number of para-hydroxylation sites is 2. The maximum absolute atomic E-state index is 13.2. The number of benzene rings is 2. The van der Waals surface area contributed by atoms with E-state index in [1.165, 1.54) is 0 Å². The van der Waals surface area contributed by atoms with Crippen LogP contribution >= 0.6 is 0 Å². The monoisotopic (exact) mass is 379 g/mol. The van der Waals surface area contributed by atoms with Crippen molar-refractivity contribution < 1.29 is 14.3 Å². The van der Waals surface area contributed by atoms with Gasteiger partial charge in [0.25, 0.3) is 0 Å². The van der Waals surface area contributed by atoms with E-state index in [-0.39, 0.29) is 11.9 Å². The van der Waals surface area contributed by atoms with Crippen LogP contribution in [0.4, 0.5) is 10.5 Å². The molecular weight excluding hydrogens is 354 g/mol. The first-order valence-corrected chi connectivity index (χ1v) is 9.09. The standard InChI is InChI=1S/C22H25N3O3/c1-12-10-13(2)18(14(3)11-12)20-19(15(4)23-22(27)25-20)21(26)24-16-8-6-7-9-17(16)28-5/h6-11,19-20H,4H2,1-3,5H3,(H,24,26)(H2,23,25,27)/t19-,20+/m0/s1. The lowest BCUT2D eigenvalue weighted by molar-refractivity contribution is -0.119. The molecule has 3 N–H and O–H groups in total. The molecule has 2 aromatic rings. The largest absolute Gasteiger partial charge is 0.495 e. The Bertz CT molecular complexity index is 929. The predicted molar refractivity (Wildman–Crippen MR) is 109 cm³/mol. The molecule has 0 saturated carbocycles. The normalized spacial score (nSPS) is 18.9. The molecule has 3 rings (SSSR count). The van der Waals surface area contributed by atoms with Crippen molar-refractivity contribution in [3.8, 4) is 5.75 Å². The molecule has 6 heteroatoms. The van der Waals surface area contributed by atoms with Gasteiger partial charge in [0.15, 0.2) is 0 Å². The average molecular weight is 379 g/mol. The molecule has 0 radical (unpaired) electrons. The van der Waals surface area contributed by atoms with Gasteiger partial charge in [-0.05, 0) is 49.6 Å². The fourth-order valence-electron chi connectivity index (χ4n) is 3.87. The number of nitrogens with one attached hydrogen (secondary N) is 3. The number of aryl methyl sites for hydroxylation is 3. The van der Waals surface area contributed by atoms with Gasteiger partial charge in [0.2, 0.25) is 5.91 Å². The van der Waals surface area contributed by atoms with Crippen LogP contribution in [0.2, 0.25) is 0 Å². The Labute approximate surface area is 165 Å². The van der Waals surface area contributed by atoms with Gasteiger partial charge in [0.05, 0.1) is 18.8 Å². The summed E-state index contributed by atoms with van der Waals surface area (Å²) < 4.78 is 5.32. The van der Waals surface area contributed by atoms with E-state index in [9.17, 15) is 9.59 Å². The molecular formula is C22H25N3O3. The number of hydrogen-bond donors (Lipinski definition) is 3. The number of carbonyl (C=O) groups excluding carboxylic acids is 2. The van der Waals surface area contributed by atoms with Crippen molar-refractivity contribution in [3.63, 3.8) is 0 Å². The fourth-order valence-corrected chi connectivity index (χ4v) is 3.87. The van der Waals surface area contributed by atoms with Crippen LogP contribution in [0.3, 0.4) is 0 Å². The maximum Gasteiger partial charge on any atom is 0.319 e. The van der Waals surface area contributed by atoms with Crippen LogP contribution in [0.1, 0.15) is 28.3 Å². The maximum atomic E-state index is 13.2. The lowest BCUT2D eigenvalue weighted by Crippen LogP contribution is -2.52. The van der Waals surface area contributed by atoms with Crippen LogP contribution in [0.5, 0.6) is 5.75 Å². The van der Waals surface area contributed by atoms with Crippen molar-refractivity contribution in [2.24, 2.45) is 5.92 Å². The second-order valence-corrected chi connectivity index (χ2v) is 7.08. The third kappa shape index (κ3) is 3.71. The Morgan fingerprint density at radius 3 is 2.43 bits per heavy atom. The van der Waals surface area contributed by atoms with Gasteiger partial charge < -0.3 is 20.7 Å². The molecule has 0 bridgehead atoms. The van der Waals surface area contributed by atoms with E-state index >= 15 is 0 Å². The molecule has 2 atom stereocenters. The fraction of sp³-hybridized carbons (Fsp3) is 0.273. The summed E-state index contributed by atoms with van der Waals surface area (Å²) in [5.41, 5.74) is 5.03. The first-order valence-electron chi connectivity index (χ1n) is 9.09. The Morgan fingerprint density at radius 1 is 1.14 bits per heavy atom. The highest BCUT2D eigenvalue weighted by Gasteiger charge is 2.39. The van der Waals surface area contributed by atoms with Gasteiger partial charge in [-0.15, -0.1) is 0 Å². The molecule has 6 nitrogen and oxygen atoms in total. The number of carbonyl (C=O) groups is 2. The molecule has 146 valence electrons. The molecule has 1 aliphatic rings. The van der Waals surface area contributed by atoms with Gasteiger partial charge in [0.1, 0.15) is 11.7 Å². The number of amides is 3. The minimum atomic E-state index is -0.678. The molecule has 3 amide bonds. The number of ether oxygens (including phenoxy) is 1. The molecule has 0 spiro atoms. The SMILES string of the molecule is C=C1NC(=O)N[C@H](c2c(C)cc(C)cc2C)[C@H]1C(=O)Nc1ccccc1OC. The van der Waals surface area contributed by atoms with Crippen molar-refractivity contribution in [3.05, 3.63) is 70.9 Å². The van der Waals surface area contributed by atoms with E-state index in [2.05, 4.69) is 34.7 Å². The van der Waals surface area contributed by atoms with Gasteiger partial charge >= 0.3 is 6.03 Å². The molecule has 2 aromatic carbocycles. The van der Waals surface area contributed by atoms with Crippen molar-refractivity contribution in [1.29, 1.82) is 0 Å². The smallest absolute Gasteiger partial charge is 0.319 e. The Balaban J connectivity index is 2.00. The van der Waals surface area contributed by atoms with Crippen LogP contribution < -0.4 is 20.7 Å². The molecule has 0 unspecified atom stereocenters. The summed E-state index contributed by atoms with van der Waals surface area (Å²) in [7, 11) is 1.55. The summed E-state index contributed by atoms with van der Waals surface area (Å²) in [4.78, 5) is 25.3. The quantitative estimate of drug-likeness (QED) is 0.757. The predicted octanol–water partition coefficient (Wildman–Crippen LogP) is 3.74. The molecule has 0 aromatic heterocycles. The van der Waals surface area contributed by atoms with Crippen LogP contribution in [-0.4, -0.2) is 19.0 Å². The Kier molecular flexibility index (Phi) is 5.40. The molecule has 1 saturated heterocycles. The topological polar surface area (TPSA) is 79.5 Å². The Morgan fingerprint density at radius 2 is 1.79 bits per heavy atom. The number of hydrogen-bond acceptors (Lipinski definition) is 3. The van der Waals surface area contributed by atoms with Crippen molar-refractivity contribution in [2.45, 2.75) is 26.8 Å². The van der Waals surface area contributed by atoms with Gasteiger partial charge in [-0.25, -0.2) is 4.79 Å². The highest BCUT2D eigenvalue weighted by Crippen LogP contribution is 2.35. The number of urea groups is 1. The summed E-state index contributed by atoms with van der Waals surface area (Å²) in [5, 5.41) is 8.46. The molecule has 1 heterocycles. The van der Waals surface area contributed by atoms with Crippen LogP contribution in [0, 0.1) is 26.7 Å². The van der Waals surface area contributed by atoms with E-state index in [1.54, 1.807) is 19.2 Å². The van der Waals surface area contributed by atoms with E-state index in [1.807, 2.05) is 32.9 Å². The van der Waals surface area contributed by atoms with Crippen molar-refractivity contribution in [1.82, 2.24) is 10.6 Å². The molecule has 28 heavy (non-hydrogen) atoms. The molecule has 1 fully saturated rings. The van der Waals surface area contributed by atoms with E-state index in [4.69, 9.17) is 4.74 Å². The minimum absolute atomic E-state index is 0.272. The zero-order chi connectivity index (χ0) is 20.4. The van der Waals surface area contributed by atoms with Gasteiger partial charge in [-0.1, -0.05) is 36.4 Å². The summed E-state index contributed by atoms with van der Waals surface area (Å²) in [6, 6.07) is 10.4. The third-order valence-electron chi connectivity index (χ3n) is 4.97. The molecule has 1 aliphatic heterocycles. The Hall–Kier alpha value is -3.28. The van der Waals surface area contributed by atoms with Gasteiger partial charge in [-0.3, -0.25) is 4.79 Å². The first kappa shape index (κ1) is 19.5. The van der Waals surface area contributed by atoms with Crippen molar-refractivity contribution in [2.75, 3.05) is 12.4 Å². The summed E-state index contributed by atoms with van der Waals surface area (Å²) >= 11 is 0. The van der Waals surface area contributed by atoms with Gasteiger partial charge in [0, 0.05) is 5.70 Å². The van der Waals surface area contributed by atoms with Crippen LogP contribution in [-0.2, 0) is 4.79 Å². The lowest BCUT2D eigenvalue weighted by Gasteiger charge is -2.35. The summed E-state index contributed by atoms with van der Waals surface area (Å²) in [6.07, 6.45) is 0. The minimum Gasteiger partial charge on any atom is -0.495 e. The third-order valence-corrected chi connectivity index (χ3v) is 4.97. The zero-order valence-electron chi connectivity index (χ0n) is 16.6. The van der Waals surface area contributed by atoms with E-state index in [0.29, 0.717) is 17.1 Å². The highest BCUT2D eigenvalue weighted by atomic mass is 16.5. The van der Waals surface area contributed by atoms with Crippen molar-refractivity contribution >= 4 is 17.6 Å². The van der Waals surface area contributed by atoms with E-state index in [0.717, 1.165) is 22.3 Å². The second-order valence-electron chi connectivity index (χ2n) is 7.08. The summed E-state index contributed by atoms with van der Waals surface area (Å²) in [6.45, 7) is 9.94. The number of methoxy groups -OCH3 is 1. The number of anilines is 1. The first-order chi connectivity index (χ1) is 13.3. The summed E-state index contributed by atoms with van der Waals surface area (Å²) in [5.74, 6) is -0.386. The van der Waals surface area contributed by atoms with E-state index < -0.39 is 12.0 Å². The zero-order valence-corrected chi connectivity index (χ0v) is 16.6. The highest BCUT2D eigenvalue weighted by molar-refractivity contribution is 5.98. The van der Waals surface area contributed by atoms with Gasteiger partial charge in [-0.2, -0.15) is 0 Å². The molecule has 0 aliphatic carbocycles. The average Bonchev–Trinajstić information content (AvgIpc) is 2.60. The lowest BCUT2D eigenvalue weighted by atomic mass is 9.83.